The molecule has 0 aromatic heterocycles. The Labute approximate surface area is 296 Å². The van der Waals surface area contributed by atoms with E-state index in [1.54, 1.807) is 13.8 Å². The van der Waals surface area contributed by atoms with Gasteiger partial charge in [0.2, 0.25) is 23.6 Å². The summed E-state index contributed by atoms with van der Waals surface area (Å²) in [5.74, 6) is -6.45. The maximum absolute atomic E-state index is 13.4. The predicted octanol–water partition coefficient (Wildman–Crippen LogP) is -0.788. The molecule has 0 bridgehead atoms. The third-order valence-corrected chi connectivity index (χ3v) is 11.9. The van der Waals surface area contributed by atoms with Crippen molar-refractivity contribution in [1.82, 2.24) is 31.9 Å². The molecule has 16 nitrogen and oxygen atoms in total. The molecule has 1 fully saturated rings. The normalized spacial score (nSPS) is 27.6. The smallest absolute Gasteiger partial charge is 0.327 e. The molecule has 8 atom stereocenters. The second kappa shape index (κ2) is 22.5. The van der Waals surface area contributed by atoms with Crippen LogP contribution in [0.25, 0.3) is 0 Å². The molecule has 1 aliphatic rings. The summed E-state index contributed by atoms with van der Waals surface area (Å²) >= 11 is 0. The number of ketones is 1. The van der Waals surface area contributed by atoms with Gasteiger partial charge >= 0.3 is 11.9 Å². The fraction of sp³-hybridized carbons (Fsp3) is 0.750. The van der Waals surface area contributed by atoms with Crippen LogP contribution in [0.5, 0.6) is 0 Å². The van der Waals surface area contributed by atoms with Gasteiger partial charge in [-0.3, -0.25) is 28.8 Å². The standard InChI is InChI=1S/C28H48N6O10S4/c1-7-14(4)23(38)17-9-45-48-12-20(28(43)44)33-27(42)22(15(5)35)34-25(40)18(29-6)10-46-47-11-19(30-13(2)3)26(41)31-16(8-21(36)37)24(39)32-17/h13-20,22,29-30,35H,7-12H2,1-6H3,(H,31,41)(H,32,39)(H,33,42)(H,34,40)(H,36,37)(H,43,44)/t14?,15-,16+,17+,18+,19+,20+,22+/m1/s1. The Bertz CT molecular complexity index is 1130. The Morgan fingerprint density at radius 1 is 0.771 bits per heavy atom. The van der Waals surface area contributed by atoms with E-state index in [0.717, 1.165) is 21.6 Å². The molecule has 1 aliphatic heterocycles. The number of aliphatic hydroxyl groups is 1. The third-order valence-electron chi connectivity index (χ3n) is 7.07. The molecular formula is C28H48N6O10S4. The monoisotopic (exact) mass is 756 g/mol. The highest BCUT2D eigenvalue weighted by molar-refractivity contribution is 8.77. The maximum atomic E-state index is 13.4. The highest BCUT2D eigenvalue weighted by Crippen LogP contribution is 2.25. The lowest BCUT2D eigenvalue weighted by atomic mass is 9.98. The van der Waals surface area contributed by atoms with Crippen LogP contribution >= 0.6 is 43.2 Å². The van der Waals surface area contributed by atoms with Gasteiger partial charge in [-0.25, -0.2) is 4.79 Å². The Balaban J connectivity index is 3.45. The summed E-state index contributed by atoms with van der Waals surface area (Å²) in [7, 11) is 6.04. The number of aliphatic carboxylic acids is 2. The van der Waals surface area contributed by atoms with Crippen molar-refractivity contribution in [2.75, 3.05) is 30.1 Å². The molecule has 1 unspecified atom stereocenters. The van der Waals surface area contributed by atoms with Crippen LogP contribution in [-0.2, 0) is 33.6 Å². The summed E-state index contributed by atoms with van der Waals surface area (Å²) in [5.41, 5.74) is 0. The van der Waals surface area contributed by atoms with E-state index in [0.29, 0.717) is 6.42 Å². The van der Waals surface area contributed by atoms with E-state index < -0.39 is 90.3 Å². The molecule has 1 heterocycles. The summed E-state index contributed by atoms with van der Waals surface area (Å²) in [6.45, 7) is 8.36. The molecular weight excluding hydrogens is 709 g/mol. The summed E-state index contributed by atoms with van der Waals surface area (Å²) in [6, 6.07) is -7.35. The van der Waals surface area contributed by atoms with Crippen molar-refractivity contribution in [1.29, 1.82) is 0 Å². The van der Waals surface area contributed by atoms with Crippen LogP contribution in [0, 0.1) is 5.92 Å². The number of hydrogen-bond acceptors (Lipinski definition) is 14. The van der Waals surface area contributed by atoms with Crippen LogP contribution in [0.15, 0.2) is 0 Å². The van der Waals surface area contributed by atoms with Gasteiger partial charge in [-0.05, 0) is 20.4 Å². The summed E-state index contributed by atoms with van der Waals surface area (Å²) in [4.78, 5) is 89.7. The molecule has 9 N–H and O–H groups in total. The highest BCUT2D eigenvalue weighted by atomic mass is 33.1. The van der Waals surface area contributed by atoms with E-state index in [1.807, 2.05) is 13.8 Å². The number of carboxylic acid groups (broad SMARTS) is 2. The molecule has 0 aliphatic carbocycles. The second-order valence-corrected chi connectivity index (χ2v) is 16.5. The first-order chi connectivity index (χ1) is 22.5. The van der Waals surface area contributed by atoms with Crippen molar-refractivity contribution in [3.8, 4) is 0 Å². The number of Topliss-reactive ketones (excluding diaryl/α,β-unsaturated/α-hetero) is 1. The minimum atomic E-state index is -1.50. The number of carbonyl (C=O) groups is 7. The molecule has 0 aromatic rings. The fourth-order valence-corrected chi connectivity index (χ4v) is 8.88. The van der Waals surface area contributed by atoms with Gasteiger partial charge in [0, 0.05) is 35.0 Å². The Hall–Kier alpha value is -2.23. The number of aliphatic hydroxyl groups excluding tert-OH is 1. The lowest BCUT2D eigenvalue weighted by molar-refractivity contribution is -0.142. The molecule has 1 saturated heterocycles. The molecule has 0 aromatic carbocycles. The number of nitrogens with one attached hydrogen (secondary N) is 6. The molecule has 0 saturated carbocycles. The molecule has 4 amide bonds. The van der Waals surface area contributed by atoms with E-state index in [-0.39, 0.29) is 34.8 Å². The van der Waals surface area contributed by atoms with Gasteiger partial charge in [-0.2, -0.15) is 0 Å². The quantitative estimate of drug-likeness (QED) is 0.124. The number of hydrogen-bond donors (Lipinski definition) is 9. The number of amides is 4. The molecule has 20 heteroatoms. The number of rotatable bonds is 10. The average molecular weight is 757 g/mol. The topological polar surface area (TPSA) is 252 Å². The predicted molar refractivity (Wildman–Crippen MR) is 188 cm³/mol. The number of likely N-dealkylation sites (N-methyl/N-ethyl adjacent to an activating group) is 1. The lowest BCUT2D eigenvalue weighted by Gasteiger charge is -2.27. The first-order valence-electron chi connectivity index (χ1n) is 15.3. The molecule has 0 spiro atoms. The Morgan fingerprint density at radius 3 is 1.79 bits per heavy atom. The first-order valence-corrected chi connectivity index (χ1v) is 20.3. The van der Waals surface area contributed by atoms with Gasteiger partial charge in [0.15, 0.2) is 5.78 Å². The minimum Gasteiger partial charge on any atom is -0.481 e. The van der Waals surface area contributed by atoms with Crippen molar-refractivity contribution in [3.63, 3.8) is 0 Å². The third kappa shape index (κ3) is 15.5. The first kappa shape index (κ1) is 43.8. The van der Waals surface area contributed by atoms with E-state index in [4.69, 9.17) is 0 Å². The number of carbonyl (C=O) groups excluding carboxylic acids is 5. The second-order valence-electron chi connectivity index (χ2n) is 11.4. The summed E-state index contributed by atoms with van der Waals surface area (Å²) in [6.07, 6.45) is -1.65. The van der Waals surface area contributed by atoms with Gasteiger partial charge < -0.3 is 47.2 Å². The van der Waals surface area contributed by atoms with Crippen LogP contribution in [0.1, 0.15) is 47.5 Å². The highest BCUT2D eigenvalue weighted by Gasteiger charge is 2.34. The van der Waals surface area contributed by atoms with Gasteiger partial charge in [0.05, 0.1) is 30.7 Å². The summed E-state index contributed by atoms with van der Waals surface area (Å²) in [5, 5.41) is 45.4. The zero-order chi connectivity index (χ0) is 36.6. The van der Waals surface area contributed by atoms with E-state index in [1.165, 1.54) is 35.6 Å². The molecule has 48 heavy (non-hydrogen) atoms. The van der Waals surface area contributed by atoms with Gasteiger partial charge in [-0.1, -0.05) is 70.9 Å². The molecule has 274 valence electrons. The van der Waals surface area contributed by atoms with Crippen LogP contribution in [-0.4, -0.2) is 135 Å². The van der Waals surface area contributed by atoms with Crippen molar-refractivity contribution >= 4 is 84.5 Å². The van der Waals surface area contributed by atoms with Crippen molar-refractivity contribution in [3.05, 3.63) is 0 Å². The summed E-state index contributed by atoms with van der Waals surface area (Å²) < 4.78 is 0. The van der Waals surface area contributed by atoms with Crippen molar-refractivity contribution in [2.45, 2.75) is 95.9 Å². The zero-order valence-electron chi connectivity index (χ0n) is 27.8. The SMILES string of the molecule is CCC(C)C(=O)[C@@H]1CSSC[C@@H](C(=O)O)NC(=O)[C@H]([C@@H](C)O)NC(=O)[C@@H](NC)CSSC[C@H](NC(C)C)C(=O)N[C@@H](CC(=O)O)C(=O)N1. The van der Waals surface area contributed by atoms with E-state index in [2.05, 4.69) is 31.9 Å². The Kier molecular flexibility index (Phi) is 20.5. The largest absolute Gasteiger partial charge is 0.481 e. The fourth-order valence-electron chi connectivity index (χ4n) is 4.12. The Morgan fingerprint density at radius 2 is 1.29 bits per heavy atom. The van der Waals surface area contributed by atoms with Crippen LogP contribution in [0.4, 0.5) is 0 Å². The van der Waals surface area contributed by atoms with E-state index >= 15 is 0 Å². The minimum absolute atomic E-state index is 0.0310. The van der Waals surface area contributed by atoms with Crippen molar-refractivity contribution in [2.24, 2.45) is 5.92 Å². The van der Waals surface area contributed by atoms with Gasteiger partial charge in [-0.15, -0.1) is 0 Å². The average Bonchev–Trinajstić information content (AvgIpc) is 3.01. The van der Waals surface area contributed by atoms with Crippen LogP contribution < -0.4 is 31.9 Å². The number of carboxylic acids is 2. The zero-order valence-corrected chi connectivity index (χ0v) is 31.0. The molecule has 0 radical (unpaired) electrons. The van der Waals surface area contributed by atoms with Gasteiger partial charge in [0.1, 0.15) is 18.1 Å². The molecule has 1 rings (SSSR count). The van der Waals surface area contributed by atoms with Crippen molar-refractivity contribution < 1.29 is 48.9 Å². The van der Waals surface area contributed by atoms with E-state index in [9.17, 15) is 48.9 Å². The lowest BCUT2D eigenvalue weighted by Crippen LogP contribution is -2.59. The maximum Gasteiger partial charge on any atom is 0.327 e. The van der Waals surface area contributed by atoms with Crippen LogP contribution in [0.3, 0.4) is 0 Å². The van der Waals surface area contributed by atoms with Crippen LogP contribution in [0.2, 0.25) is 0 Å². The van der Waals surface area contributed by atoms with Gasteiger partial charge in [0.25, 0.3) is 0 Å².